The molecule has 0 fully saturated rings. The third-order valence-electron chi connectivity index (χ3n) is 3.33. The van der Waals surface area contributed by atoms with E-state index < -0.39 is 11.7 Å². The molecule has 6 heteroatoms. The monoisotopic (exact) mass is 309 g/mol. The zero-order valence-corrected chi connectivity index (χ0v) is 12.5. The van der Waals surface area contributed by atoms with Crippen LogP contribution in [-0.2, 0) is 11.3 Å². The Morgan fingerprint density at radius 1 is 1.26 bits per heavy atom. The van der Waals surface area contributed by atoms with Crippen LogP contribution in [-0.4, -0.2) is 16.7 Å². The van der Waals surface area contributed by atoms with Crippen molar-refractivity contribution in [3.63, 3.8) is 0 Å². The average Bonchev–Trinajstić information content (AvgIpc) is 2.84. The molecule has 1 aromatic heterocycles. The molecule has 6 nitrogen and oxygen atoms in total. The van der Waals surface area contributed by atoms with Gasteiger partial charge in [0.05, 0.1) is 11.7 Å². The first-order valence-electron chi connectivity index (χ1n) is 7.10. The number of aryl methyl sites for hydroxylation is 1. The number of fused-ring (bicyclic) bond motifs is 1. The summed E-state index contributed by atoms with van der Waals surface area (Å²) in [5.41, 5.74) is 5.31. The molecule has 0 aliphatic rings. The first-order valence-corrected chi connectivity index (χ1v) is 7.10. The van der Waals surface area contributed by atoms with Crippen LogP contribution in [0.4, 0.5) is 0 Å². The van der Waals surface area contributed by atoms with Gasteiger partial charge in [0.15, 0.2) is 5.58 Å². The Bertz CT molecular complexity index is 923. The number of benzene rings is 2. The molecule has 1 N–H and O–H groups in total. The molecule has 0 aliphatic heterocycles. The average molecular weight is 309 g/mol. The van der Waals surface area contributed by atoms with E-state index in [1.54, 1.807) is 12.1 Å². The number of nitrogens with zero attached hydrogens (tertiary/aromatic N) is 2. The second-order valence-corrected chi connectivity index (χ2v) is 5.13. The van der Waals surface area contributed by atoms with Crippen molar-refractivity contribution in [3.05, 3.63) is 70.2 Å². The summed E-state index contributed by atoms with van der Waals surface area (Å²) in [6, 6.07) is 14.8. The highest BCUT2D eigenvalue weighted by Gasteiger charge is 2.12. The summed E-state index contributed by atoms with van der Waals surface area (Å²) in [7, 11) is 0. The van der Waals surface area contributed by atoms with E-state index in [1.165, 1.54) is 10.8 Å². The second-order valence-electron chi connectivity index (χ2n) is 5.13. The fourth-order valence-electron chi connectivity index (χ4n) is 2.22. The van der Waals surface area contributed by atoms with E-state index in [9.17, 15) is 9.59 Å². The van der Waals surface area contributed by atoms with Crippen LogP contribution in [0.2, 0.25) is 0 Å². The van der Waals surface area contributed by atoms with E-state index in [0.29, 0.717) is 11.1 Å². The van der Waals surface area contributed by atoms with E-state index in [0.717, 1.165) is 11.1 Å². The number of oxazole rings is 1. The Morgan fingerprint density at radius 2 is 2.04 bits per heavy atom. The molecule has 116 valence electrons. The standard InChI is InChI=1S/C17H15N3O3/c1-12-7-8-15-14(9-12)20(17(22)23-15)11-16(21)19-18-10-13-5-3-2-4-6-13/h2-10H,11H2,1H3,(H,19,21)/b18-10+. The van der Waals surface area contributed by atoms with Crippen molar-refractivity contribution in [2.45, 2.75) is 13.5 Å². The van der Waals surface area contributed by atoms with Crippen molar-refractivity contribution in [2.75, 3.05) is 0 Å². The van der Waals surface area contributed by atoms with Crippen LogP contribution >= 0.6 is 0 Å². The van der Waals surface area contributed by atoms with Crippen molar-refractivity contribution in [1.29, 1.82) is 0 Å². The number of carbonyl (C=O) groups excluding carboxylic acids is 1. The fourth-order valence-corrected chi connectivity index (χ4v) is 2.22. The van der Waals surface area contributed by atoms with Gasteiger partial charge in [0.25, 0.3) is 5.91 Å². The topological polar surface area (TPSA) is 76.6 Å². The molecule has 0 bridgehead atoms. The van der Waals surface area contributed by atoms with Gasteiger partial charge in [-0.25, -0.2) is 10.2 Å². The number of hydrazone groups is 1. The van der Waals surface area contributed by atoms with Crippen molar-refractivity contribution in [1.82, 2.24) is 9.99 Å². The predicted octanol–water partition coefficient (Wildman–Crippen LogP) is 2.05. The van der Waals surface area contributed by atoms with Crippen LogP contribution in [0.25, 0.3) is 11.1 Å². The van der Waals surface area contributed by atoms with Crippen LogP contribution in [0.5, 0.6) is 0 Å². The summed E-state index contributed by atoms with van der Waals surface area (Å²) in [4.78, 5) is 23.8. The van der Waals surface area contributed by atoms with Crippen molar-refractivity contribution >= 4 is 23.2 Å². The summed E-state index contributed by atoms with van der Waals surface area (Å²) >= 11 is 0. The van der Waals surface area contributed by atoms with Gasteiger partial charge in [0, 0.05) is 0 Å². The molecule has 0 aliphatic carbocycles. The van der Waals surface area contributed by atoms with Gasteiger partial charge in [-0.1, -0.05) is 36.4 Å². The Hall–Kier alpha value is -3.15. The molecule has 2 aromatic carbocycles. The van der Waals surface area contributed by atoms with Crippen LogP contribution < -0.4 is 11.2 Å². The Balaban J connectivity index is 1.73. The molecule has 3 aromatic rings. The number of hydrogen-bond acceptors (Lipinski definition) is 4. The quantitative estimate of drug-likeness (QED) is 0.592. The van der Waals surface area contributed by atoms with E-state index in [1.807, 2.05) is 43.3 Å². The van der Waals surface area contributed by atoms with Gasteiger partial charge >= 0.3 is 5.76 Å². The molecule has 0 saturated heterocycles. The molecule has 0 atom stereocenters. The van der Waals surface area contributed by atoms with Crippen LogP contribution in [0.15, 0.2) is 62.8 Å². The van der Waals surface area contributed by atoms with Gasteiger partial charge < -0.3 is 4.42 Å². The lowest BCUT2D eigenvalue weighted by atomic mass is 10.2. The van der Waals surface area contributed by atoms with Gasteiger partial charge in [0.1, 0.15) is 6.54 Å². The molecular formula is C17H15N3O3. The Labute approximate surface area is 132 Å². The van der Waals surface area contributed by atoms with Crippen LogP contribution in [0, 0.1) is 6.92 Å². The summed E-state index contributed by atoms with van der Waals surface area (Å²) in [5.74, 6) is -0.962. The molecular weight excluding hydrogens is 294 g/mol. The normalized spacial score (nSPS) is 11.2. The summed E-state index contributed by atoms with van der Waals surface area (Å²) in [6.45, 7) is 1.76. The van der Waals surface area contributed by atoms with Crippen LogP contribution in [0.3, 0.4) is 0 Å². The predicted molar refractivity (Wildman–Crippen MR) is 87.4 cm³/mol. The van der Waals surface area contributed by atoms with Gasteiger partial charge in [-0.3, -0.25) is 9.36 Å². The second kappa shape index (κ2) is 6.31. The molecule has 0 unspecified atom stereocenters. The molecule has 0 spiro atoms. The molecule has 3 rings (SSSR count). The van der Waals surface area contributed by atoms with Crippen LogP contribution in [0.1, 0.15) is 11.1 Å². The molecule has 0 radical (unpaired) electrons. The maximum Gasteiger partial charge on any atom is 0.420 e. The van der Waals surface area contributed by atoms with Crippen molar-refractivity contribution in [2.24, 2.45) is 5.10 Å². The fraction of sp³-hybridized carbons (Fsp3) is 0.118. The number of aromatic nitrogens is 1. The molecule has 0 saturated carbocycles. The highest BCUT2D eigenvalue weighted by molar-refractivity contribution is 5.83. The Kier molecular flexibility index (Phi) is 4.05. The molecule has 1 heterocycles. The minimum absolute atomic E-state index is 0.151. The van der Waals surface area contributed by atoms with Gasteiger partial charge in [0.2, 0.25) is 0 Å². The van der Waals surface area contributed by atoms with Crippen molar-refractivity contribution in [3.8, 4) is 0 Å². The summed E-state index contributed by atoms with van der Waals surface area (Å²) < 4.78 is 6.41. The van der Waals surface area contributed by atoms with Crippen molar-refractivity contribution < 1.29 is 9.21 Å². The maximum absolute atomic E-state index is 12.0. The highest BCUT2D eigenvalue weighted by Crippen LogP contribution is 2.14. The Morgan fingerprint density at radius 3 is 2.83 bits per heavy atom. The highest BCUT2D eigenvalue weighted by atomic mass is 16.4. The molecule has 23 heavy (non-hydrogen) atoms. The lowest BCUT2D eigenvalue weighted by Crippen LogP contribution is -2.27. The van der Waals surface area contributed by atoms with Gasteiger partial charge in [-0.05, 0) is 30.2 Å². The maximum atomic E-state index is 12.0. The van der Waals surface area contributed by atoms with Gasteiger partial charge in [-0.15, -0.1) is 0 Å². The smallest absolute Gasteiger partial charge is 0.408 e. The number of rotatable bonds is 4. The number of hydrogen-bond donors (Lipinski definition) is 1. The largest absolute Gasteiger partial charge is 0.420 e. The van der Waals surface area contributed by atoms with E-state index in [2.05, 4.69) is 10.5 Å². The SMILES string of the molecule is Cc1ccc2oc(=O)n(CC(=O)N/N=C/c3ccccc3)c2c1. The summed E-state index contributed by atoms with van der Waals surface area (Å²) in [5, 5.41) is 3.88. The molecule has 1 amide bonds. The zero-order valence-electron chi connectivity index (χ0n) is 12.5. The zero-order chi connectivity index (χ0) is 16.2. The van der Waals surface area contributed by atoms with Gasteiger partial charge in [-0.2, -0.15) is 5.10 Å². The van der Waals surface area contributed by atoms with E-state index in [4.69, 9.17) is 4.42 Å². The van der Waals surface area contributed by atoms with E-state index >= 15 is 0 Å². The number of nitrogens with one attached hydrogen (secondary N) is 1. The lowest BCUT2D eigenvalue weighted by Gasteiger charge is -2.01. The third kappa shape index (κ3) is 3.37. The first-order chi connectivity index (χ1) is 11.1. The first kappa shape index (κ1) is 14.8. The third-order valence-corrected chi connectivity index (χ3v) is 3.33. The van der Waals surface area contributed by atoms with E-state index in [-0.39, 0.29) is 6.54 Å². The number of carbonyl (C=O) groups is 1. The minimum atomic E-state index is -0.562. The number of amides is 1. The lowest BCUT2D eigenvalue weighted by molar-refractivity contribution is -0.121. The summed E-state index contributed by atoms with van der Waals surface area (Å²) in [6.07, 6.45) is 1.54. The minimum Gasteiger partial charge on any atom is -0.408 e.